The van der Waals surface area contributed by atoms with Gasteiger partial charge in [-0.1, -0.05) is 37.3 Å². The lowest BCUT2D eigenvalue weighted by Crippen LogP contribution is -2.00. The summed E-state index contributed by atoms with van der Waals surface area (Å²) in [6.45, 7) is 4.16. The molecule has 2 nitrogen and oxygen atoms in total. The Kier molecular flexibility index (Phi) is 2.91. The molecule has 16 heavy (non-hydrogen) atoms. The van der Waals surface area contributed by atoms with E-state index in [0.29, 0.717) is 0 Å². The normalized spacial score (nSPS) is 10.4. The highest BCUT2D eigenvalue weighted by Gasteiger charge is 2.07. The summed E-state index contributed by atoms with van der Waals surface area (Å²) in [5.74, 6) is 0. The molecule has 2 rings (SSSR count). The van der Waals surface area contributed by atoms with Crippen LogP contribution in [0.4, 0.5) is 5.69 Å². The summed E-state index contributed by atoms with van der Waals surface area (Å²) in [6, 6.07) is 12.1. The van der Waals surface area contributed by atoms with Crippen LogP contribution in [-0.4, -0.2) is 4.98 Å². The molecule has 0 bridgehead atoms. The molecular weight excluding hydrogens is 196 g/mol. The van der Waals surface area contributed by atoms with E-state index in [9.17, 15) is 0 Å². The van der Waals surface area contributed by atoms with Crippen LogP contribution in [0.1, 0.15) is 18.2 Å². The SMILES string of the molecule is CCc1nc(-c2ccccc2)c(N)cc1C. The number of benzene rings is 1. The zero-order valence-corrected chi connectivity index (χ0v) is 9.70. The van der Waals surface area contributed by atoms with E-state index in [1.165, 1.54) is 5.56 Å². The smallest absolute Gasteiger partial charge is 0.0934 e. The number of hydrogen-bond donors (Lipinski definition) is 1. The van der Waals surface area contributed by atoms with Gasteiger partial charge in [0.25, 0.3) is 0 Å². The zero-order valence-electron chi connectivity index (χ0n) is 9.70. The van der Waals surface area contributed by atoms with E-state index >= 15 is 0 Å². The van der Waals surface area contributed by atoms with Crippen LogP contribution < -0.4 is 5.73 Å². The Hall–Kier alpha value is -1.83. The number of anilines is 1. The van der Waals surface area contributed by atoms with Crippen molar-refractivity contribution in [3.63, 3.8) is 0 Å². The molecule has 0 radical (unpaired) electrons. The van der Waals surface area contributed by atoms with Crippen LogP contribution in [0.5, 0.6) is 0 Å². The highest BCUT2D eigenvalue weighted by molar-refractivity contribution is 5.73. The van der Waals surface area contributed by atoms with Crippen LogP contribution >= 0.6 is 0 Å². The molecule has 0 aliphatic heterocycles. The Morgan fingerprint density at radius 3 is 2.50 bits per heavy atom. The van der Waals surface area contributed by atoms with Gasteiger partial charge in [0.15, 0.2) is 0 Å². The van der Waals surface area contributed by atoms with Gasteiger partial charge in [-0.2, -0.15) is 0 Å². The Morgan fingerprint density at radius 1 is 1.19 bits per heavy atom. The Bertz CT molecular complexity index is 490. The summed E-state index contributed by atoms with van der Waals surface area (Å²) in [5.41, 5.74) is 11.0. The van der Waals surface area contributed by atoms with Crippen molar-refractivity contribution in [2.75, 3.05) is 5.73 Å². The predicted molar refractivity (Wildman–Crippen MR) is 68.2 cm³/mol. The van der Waals surface area contributed by atoms with E-state index in [1.807, 2.05) is 36.4 Å². The zero-order chi connectivity index (χ0) is 11.5. The third-order valence-electron chi connectivity index (χ3n) is 2.73. The Labute approximate surface area is 96.1 Å². The summed E-state index contributed by atoms with van der Waals surface area (Å²) in [6.07, 6.45) is 0.936. The molecule has 2 aromatic rings. The van der Waals surface area contributed by atoms with E-state index in [-0.39, 0.29) is 0 Å². The minimum atomic E-state index is 0.751. The summed E-state index contributed by atoms with van der Waals surface area (Å²) in [5, 5.41) is 0. The fourth-order valence-electron chi connectivity index (χ4n) is 1.86. The number of aryl methyl sites for hydroxylation is 2. The van der Waals surface area contributed by atoms with Gasteiger partial charge in [0.05, 0.1) is 11.4 Å². The molecule has 0 atom stereocenters. The first-order chi connectivity index (χ1) is 7.72. The molecule has 0 aliphatic carbocycles. The summed E-state index contributed by atoms with van der Waals surface area (Å²) < 4.78 is 0. The second kappa shape index (κ2) is 4.35. The lowest BCUT2D eigenvalue weighted by molar-refractivity contribution is 1.01. The fourth-order valence-corrected chi connectivity index (χ4v) is 1.86. The van der Waals surface area contributed by atoms with Crippen LogP contribution in [0.25, 0.3) is 11.3 Å². The first kappa shape index (κ1) is 10.7. The molecule has 0 fully saturated rings. The maximum atomic E-state index is 6.01. The average Bonchev–Trinajstić information content (AvgIpc) is 2.30. The van der Waals surface area contributed by atoms with Crippen LogP contribution in [0.2, 0.25) is 0 Å². The maximum Gasteiger partial charge on any atom is 0.0934 e. The first-order valence-electron chi connectivity index (χ1n) is 5.53. The molecule has 82 valence electrons. The molecule has 2 N–H and O–H groups in total. The molecule has 0 saturated carbocycles. The van der Waals surface area contributed by atoms with Gasteiger partial charge in [0.2, 0.25) is 0 Å². The van der Waals surface area contributed by atoms with Crippen LogP contribution in [0, 0.1) is 6.92 Å². The van der Waals surface area contributed by atoms with Crippen molar-refractivity contribution in [3.8, 4) is 11.3 Å². The Morgan fingerprint density at radius 2 is 1.88 bits per heavy atom. The van der Waals surface area contributed by atoms with Crippen molar-refractivity contribution in [1.29, 1.82) is 0 Å². The molecule has 0 spiro atoms. The van der Waals surface area contributed by atoms with E-state index in [1.54, 1.807) is 0 Å². The summed E-state index contributed by atoms with van der Waals surface area (Å²) in [7, 11) is 0. The predicted octanol–water partition coefficient (Wildman–Crippen LogP) is 3.20. The largest absolute Gasteiger partial charge is 0.397 e. The van der Waals surface area contributed by atoms with Gasteiger partial charge in [0, 0.05) is 11.3 Å². The van der Waals surface area contributed by atoms with Gasteiger partial charge in [-0.3, -0.25) is 4.98 Å². The molecule has 1 heterocycles. The third kappa shape index (κ3) is 1.91. The summed E-state index contributed by atoms with van der Waals surface area (Å²) in [4.78, 5) is 4.64. The Balaban J connectivity index is 2.57. The minimum absolute atomic E-state index is 0.751. The van der Waals surface area contributed by atoms with E-state index < -0.39 is 0 Å². The van der Waals surface area contributed by atoms with E-state index in [4.69, 9.17) is 5.73 Å². The topological polar surface area (TPSA) is 38.9 Å². The van der Waals surface area contributed by atoms with Crippen molar-refractivity contribution in [3.05, 3.63) is 47.7 Å². The number of hydrogen-bond acceptors (Lipinski definition) is 2. The van der Waals surface area contributed by atoms with Crippen molar-refractivity contribution < 1.29 is 0 Å². The van der Waals surface area contributed by atoms with Gasteiger partial charge in [-0.15, -0.1) is 0 Å². The molecule has 0 saturated heterocycles. The molecule has 1 aromatic carbocycles. The van der Waals surface area contributed by atoms with Gasteiger partial charge in [-0.05, 0) is 25.0 Å². The van der Waals surface area contributed by atoms with Gasteiger partial charge in [0.1, 0.15) is 0 Å². The lowest BCUT2D eigenvalue weighted by atomic mass is 10.1. The molecule has 0 unspecified atom stereocenters. The number of nitrogens with zero attached hydrogens (tertiary/aromatic N) is 1. The van der Waals surface area contributed by atoms with Gasteiger partial charge >= 0.3 is 0 Å². The monoisotopic (exact) mass is 212 g/mol. The van der Waals surface area contributed by atoms with Crippen LogP contribution in [0.15, 0.2) is 36.4 Å². The molecule has 0 amide bonds. The highest BCUT2D eigenvalue weighted by atomic mass is 14.8. The highest BCUT2D eigenvalue weighted by Crippen LogP contribution is 2.25. The van der Waals surface area contributed by atoms with Crippen molar-refractivity contribution in [2.24, 2.45) is 0 Å². The minimum Gasteiger partial charge on any atom is -0.397 e. The summed E-state index contributed by atoms with van der Waals surface area (Å²) >= 11 is 0. The second-order valence-electron chi connectivity index (χ2n) is 3.91. The number of rotatable bonds is 2. The van der Waals surface area contributed by atoms with Crippen molar-refractivity contribution in [1.82, 2.24) is 4.98 Å². The number of nitrogens with two attached hydrogens (primary N) is 1. The average molecular weight is 212 g/mol. The first-order valence-corrected chi connectivity index (χ1v) is 5.53. The molecular formula is C14H16N2. The molecule has 1 aromatic heterocycles. The lowest BCUT2D eigenvalue weighted by Gasteiger charge is -2.09. The second-order valence-corrected chi connectivity index (χ2v) is 3.91. The molecule has 2 heteroatoms. The number of pyridine rings is 1. The van der Waals surface area contributed by atoms with E-state index in [0.717, 1.165) is 29.1 Å². The number of nitrogen functional groups attached to an aromatic ring is 1. The molecule has 0 aliphatic rings. The van der Waals surface area contributed by atoms with Gasteiger partial charge in [-0.25, -0.2) is 0 Å². The van der Waals surface area contributed by atoms with Crippen LogP contribution in [-0.2, 0) is 6.42 Å². The maximum absolute atomic E-state index is 6.01. The quantitative estimate of drug-likeness (QED) is 0.830. The third-order valence-corrected chi connectivity index (χ3v) is 2.73. The van der Waals surface area contributed by atoms with E-state index in [2.05, 4.69) is 18.8 Å². The van der Waals surface area contributed by atoms with Crippen molar-refractivity contribution in [2.45, 2.75) is 20.3 Å². The van der Waals surface area contributed by atoms with Crippen LogP contribution in [0.3, 0.4) is 0 Å². The standard InChI is InChI=1S/C14H16N2/c1-3-13-10(2)9-12(15)14(16-13)11-7-5-4-6-8-11/h4-9H,3,15H2,1-2H3. The van der Waals surface area contributed by atoms with Gasteiger partial charge < -0.3 is 5.73 Å². The fraction of sp³-hybridized carbons (Fsp3) is 0.214. The number of aromatic nitrogens is 1. The van der Waals surface area contributed by atoms with Crippen molar-refractivity contribution >= 4 is 5.69 Å².